The maximum Gasteiger partial charge on any atom is 0.191 e. The molecule has 144 valence electrons. The molecule has 6 heteroatoms. The lowest BCUT2D eigenvalue weighted by Gasteiger charge is -2.12. The van der Waals surface area contributed by atoms with Gasteiger partial charge in [-0.3, -0.25) is 4.99 Å². The molecular formula is C21H27IN4O. The fourth-order valence-electron chi connectivity index (χ4n) is 3.01. The van der Waals surface area contributed by atoms with Gasteiger partial charge in [-0.15, -0.1) is 24.0 Å². The highest BCUT2D eigenvalue weighted by Crippen LogP contribution is 2.19. The van der Waals surface area contributed by atoms with E-state index in [0.717, 1.165) is 30.2 Å². The van der Waals surface area contributed by atoms with Crippen LogP contribution in [0.2, 0.25) is 0 Å². The standard InChI is InChI=1S/C21H26N4O.HI/c1-15-7-8-19-17(14-24-20(19)11-15)9-10-23-21(22-2)25-13-16-5-4-6-18(12-16)26-3;/h4-8,11-12,14,24H,9-10,13H2,1-3H3,(H2,22,23,25);1H. The summed E-state index contributed by atoms with van der Waals surface area (Å²) in [5.74, 6) is 1.66. The minimum Gasteiger partial charge on any atom is -0.497 e. The number of H-pyrrole nitrogens is 1. The van der Waals surface area contributed by atoms with E-state index >= 15 is 0 Å². The molecule has 1 heterocycles. The fourth-order valence-corrected chi connectivity index (χ4v) is 3.01. The molecule has 3 N–H and O–H groups in total. The number of hydrogen-bond donors (Lipinski definition) is 3. The number of halogens is 1. The van der Waals surface area contributed by atoms with Crippen LogP contribution in [0.5, 0.6) is 5.75 Å². The second kappa shape index (κ2) is 10.2. The lowest BCUT2D eigenvalue weighted by Crippen LogP contribution is -2.37. The average Bonchev–Trinajstić information content (AvgIpc) is 3.06. The molecule has 0 bridgehead atoms. The van der Waals surface area contributed by atoms with E-state index in [9.17, 15) is 0 Å². The number of aromatic amines is 1. The van der Waals surface area contributed by atoms with Gasteiger partial charge in [-0.1, -0.05) is 24.3 Å². The number of guanidine groups is 1. The number of benzene rings is 2. The van der Waals surface area contributed by atoms with Crippen molar-refractivity contribution in [3.63, 3.8) is 0 Å². The van der Waals surface area contributed by atoms with E-state index in [1.165, 1.54) is 22.0 Å². The van der Waals surface area contributed by atoms with Gasteiger partial charge >= 0.3 is 0 Å². The molecule has 2 aromatic carbocycles. The number of nitrogens with zero attached hydrogens (tertiary/aromatic N) is 1. The lowest BCUT2D eigenvalue weighted by molar-refractivity contribution is 0.414. The molecule has 3 aromatic rings. The smallest absolute Gasteiger partial charge is 0.191 e. The van der Waals surface area contributed by atoms with Crippen LogP contribution in [-0.2, 0) is 13.0 Å². The molecule has 0 fully saturated rings. The van der Waals surface area contributed by atoms with Gasteiger partial charge in [0.15, 0.2) is 5.96 Å². The van der Waals surface area contributed by atoms with Gasteiger partial charge in [0, 0.05) is 37.2 Å². The van der Waals surface area contributed by atoms with Crippen molar-refractivity contribution in [2.24, 2.45) is 4.99 Å². The van der Waals surface area contributed by atoms with Crippen molar-refractivity contribution in [3.8, 4) is 5.75 Å². The Balaban J connectivity index is 0.00000261. The molecule has 3 rings (SSSR count). The maximum absolute atomic E-state index is 5.26. The third-order valence-electron chi connectivity index (χ3n) is 4.43. The van der Waals surface area contributed by atoms with Crippen LogP contribution in [0.15, 0.2) is 53.7 Å². The molecular weight excluding hydrogens is 451 g/mol. The second-order valence-corrected chi connectivity index (χ2v) is 6.32. The summed E-state index contributed by atoms with van der Waals surface area (Å²) in [7, 11) is 3.47. The van der Waals surface area contributed by atoms with Crippen LogP contribution in [0, 0.1) is 6.92 Å². The van der Waals surface area contributed by atoms with Gasteiger partial charge in [-0.05, 0) is 48.2 Å². The molecule has 0 saturated carbocycles. The SMILES string of the molecule is CN=C(NCCc1c[nH]c2cc(C)ccc12)NCc1cccc(OC)c1.I. The van der Waals surface area contributed by atoms with Crippen molar-refractivity contribution in [3.05, 3.63) is 65.4 Å². The minimum atomic E-state index is 0. The van der Waals surface area contributed by atoms with Crippen molar-refractivity contribution in [2.75, 3.05) is 20.7 Å². The van der Waals surface area contributed by atoms with E-state index < -0.39 is 0 Å². The number of nitrogens with one attached hydrogen (secondary N) is 3. The molecule has 0 aliphatic carbocycles. The average molecular weight is 478 g/mol. The first-order valence-electron chi connectivity index (χ1n) is 8.83. The summed E-state index contributed by atoms with van der Waals surface area (Å²) in [6.07, 6.45) is 3.03. The first kappa shape index (κ1) is 21.1. The third kappa shape index (κ3) is 5.63. The summed E-state index contributed by atoms with van der Waals surface area (Å²) >= 11 is 0. The highest BCUT2D eigenvalue weighted by atomic mass is 127. The second-order valence-electron chi connectivity index (χ2n) is 6.32. The zero-order valence-electron chi connectivity index (χ0n) is 16.0. The molecule has 1 aromatic heterocycles. The van der Waals surface area contributed by atoms with Gasteiger partial charge in [-0.2, -0.15) is 0 Å². The largest absolute Gasteiger partial charge is 0.497 e. The van der Waals surface area contributed by atoms with Crippen molar-refractivity contribution in [2.45, 2.75) is 19.9 Å². The Morgan fingerprint density at radius 3 is 2.78 bits per heavy atom. The molecule has 27 heavy (non-hydrogen) atoms. The summed E-state index contributed by atoms with van der Waals surface area (Å²) in [6, 6.07) is 14.5. The Kier molecular flexibility index (Phi) is 7.97. The number of rotatable bonds is 6. The lowest BCUT2D eigenvalue weighted by atomic mass is 10.1. The van der Waals surface area contributed by atoms with Crippen LogP contribution in [0.3, 0.4) is 0 Å². The number of aliphatic imine (C=N–C) groups is 1. The Morgan fingerprint density at radius 1 is 1.15 bits per heavy atom. The summed E-state index contributed by atoms with van der Waals surface area (Å²) < 4.78 is 5.26. The molecule has 0 saturated heterocycles. The van der Waals surface area contributed by atoms with Gasteiger partial charge in [0.2, 0.25) is 0 Å². The monoisotopic (exact) mass is 478 g/mol. The van der Waals surface area contributed by atoms with Crippen LogP contribution in [-0.4, -0.2) is 31.6 Å². The molecule has 0 unspecified atom stereocenters. The molecule has 0 atom stereocenters. The molecule has 0 amide bonds. The Labute approximate surface area is 177 Å². The molecule has 5 nitrogen and oxygen atoms in total. The van der Waals surface area contributed by atoms with Crippen molar-refractivity contribution < 1.29 is 4.74 Å². The number of methoxy groups -OCH3 is 1. The van der Waals surface area contributed by atoms with Crippen LogP contribution >= 0.6 is 24.0 Å². The topological polar surface area (TPSA) is 61.4 Å². The van der Waals surface area contributed by atoms with Gasteiger partial charge in [0.1, 0.15) is 5.75 Å². The highest BCUT2D eigenvalue weighted by Gasteiger charge is 2.05. The van der Waals surface area contributed by atoms with Gasteiger partial charge in [0.25, 0.3) is 0 Å². The van der Waals surface area contributed by atoms with Crippen LogP contribution in [0.1, 0.15) is 16.7 Å². The van der Waals surface area contributed by atoms with E-state index in [1.807, 2.05) is 18.2 Å². The number of aromatic nitrogens is 1. The molecule has 0 aliphatic rings. The first-order chi connectivity index (χ1) is 12.7. The normalized spacial score (nSPS) is 11.1. The number of ether oxygens (including phenoxy) is 1. The fraction of sp³-hybridized carbons (Fsp3) is 0.286. The van der Waals surface area contributed by atoms with Gasteiger partial charge < -0.3 is 20.4 Å². The molecule has 0 spiro atoms. The summed E-state index contributed by atoms with van der Waals surface area (Å²) in [6.45, 7) is 3.63. The highest BCUT2D eigenvalue weighted by molar-refractivity contribution is 14.0. The Bertz CT molecular complexity index is 904. The van der Waals surface area contributed by atoms with Crippen molar-refractivity contribution >= 4 is 40.8 Å². The quantitative estimate of drug-likeness (QED) is 0.285. The Hall–Kier alpha value is -2.22. The summed E-state index contributed by atoms with van der Waals surface area (Å²) in [5.41, 5.74) is 4.93. The minimum absolute atomic E-state index is 0. The van der Waals surface area contributed by atoms with E-state index in [1.54, 1.807) is 14.2 Å². The number of aryl methyl sites for hydroxylation is 1. The van der Waals surface area contributed by atoms with E-state index in [0.29, 0.717) is 6.54 Å². The van der Waals surface area contributed by atoms with Crippen molar-refractivity contribution in [1.29, 1.82) is 0 Å². The van der Waals surface area contributed by atoms with Crippen LogP contribution < -0.4 is 15.4 Å². The zero-order valence-corrected chi connectivity index (χ0v) is 18.3. The van der Waals surface area contributed by atoms with Gasteiger partial charge in [0.05, 0.1) is 7.11 Å². The number of hydrogen-bond acceptors (Lipinski definition) is 2. The van der Waals surface area contributed by atoms with E-state index in [2.05, 4.69) is 58.0 Å². The zero-order chi connectivity index (χ0) is 18.4. The van der Waals surface area contributed by atoms with E-state index in [-0.39, 0.29) is 24.0 Å². The third-order valence-corrected chi connectivity index (χ3v) is 4.43. The summed E-state index contributed by atoms with van der Waals surface area (Å²) in [4.78, 5) is 7.65. The van der Waals surface area contributed by atoms with Crippen LogP contribution in [0.25, 0.3) is 10.9 Å². The van der Waals surface area contributed by atoms with Gasteiger partial charge in [-0.25, -0.2) is 0 Å². The predicted molar refractivity (Wildman–Crippen MR) is 123 cm³/mol. The first-order valence-corrected chi connectivity index (χ1v) is 8.83. The summed E-state index contributed by atoms with van der Waals surface area (Å²) in [5, 5.41) is 8.00. The number of fused-ring (bicyclic) bond motifs is 1. The molecule has 0 aliphatic heterocycles. The predicted octanol–water partition coefficient (Wildman–Crippen LogP) is 4.01. The maximum atomic E-state index is 5.26. The Morgan fingerprint density at radius 2 is 2.00 bits per heavy atom. The molecule has 0 radical (unpaired) electrons. The van der Waals surface area contributed by atoms with Crippen LogP contribution in [0.4, 0.5) is 0 Å². The van der Waals surface area contributed by atoms with E-state index in [4.69, 9.17) is 4.74 Å². The van der Waals surface area contributed by atoms with Crippen molar-refractivity contribution in [1.82, 2.24) is 15.6 Å².